The van der Waals surface area contributed by atoms with Gasteiger partial charge in [-0.15, -0.1) is 0 Å². The lowest BCUT2D eigenvalue weighted by Crippen LogP contribution is -2.14. The highest BCUT2D eigenvalue weighted by Crippen LogP contribution is 2.35. The van der Waals surface area contributed by atoms with Gasteiger partial charge in [-0.05, 0) is 18.6 Å². The van der Waals surface area contributed by atoms with Gasteiger partial charge in [-0.3, -0.25) is 4.79 Å². The lowest BCUT2D eigenvalue weighted by Gasteiger charge is -2.15. The Kier molecular flexibility index (Phi) is 3.17. The molecule has 0 spiro atoms. The molecule has 0 aliphatic heterocycles. The predicted molar refractivity (Wildman–Crippen MR) is 50.5 cm³/mol. The predicted octanol–water partition coefficient (Wildman–Crippen LogP) is 3.40. The summed E-state index contributed by atoms with van der Waals surface area (Å²) in [7, 11) is 0. The van der Waals surface area contributed by atoms with Crippen LogP contribution in [0, 0.1) is 0 Å². The second kappa shape index (κ2) is 4.04. The molecule has 0 aromatic heterocycles. The molecule has 0 N–H and O–H groups in total. The van der Waals surface area contributed by atoms with E-state index < -0.39 is 17.7 Å². The van der Waals surface area contributed by atoms with Crippen LogP contribution in [0.3, 0.4) is 0 Å². The van der Waals surface area contributed by atoms with Crippen molar-refractivity contribution >= 4 is 5.78 Å². The summed E-state index contributed by atoms with van der Waals surface area (Å²) >= 11 is 0. The Labute approximate surface area is 85.9 Å². The first kappa shape index (κ1) is 11.8. The van der Waals surface area contributed by atoms with Gasteiger partial charge in [-0.1, -0.05) is 25.1 Å². The Morgan fingerprint density at radius 2 is 1.80 bits per heavy atom. The summed E-state index contributed by atoms with van der Waals surface area (Å²) in [5, 5.41) is 0. The van der Waals surface area contributed by atoms with E-state index in [1.54, 1.807) is 0 Å². The average molecular weight is 216 g/mol. The zero-order valence-electron chi connectivity index (χ0n) is 8.43. The summed E-state index contributed by atoms with van der Waals surface area (Å²) in [6.45, 7) is 2.77. The van der Waals surface area contributed by atoms with Gasteiger partial charge in [-0.25, -0.2) is 0 Å². The van der Waals surface area contributed by atoms with E-state index in [4.69, 9.17) is 0 Å². The lowest BCUT2D eigenvalue weighted by atomic mass is 9.93. The highest BCUT2D eigenvalue weighted by Gasteiger charge is 2.34. The first-order chi connectivity index (χ1) is 6.84. The monoisotopic (exact) mass is 216 g/mol. The lowest BCUT2D eigenvalue weighted by molar-refractivity contribution is -0.138. The molecular weight excluding hydrogens is 205 g/mol. The molecule has 0 saturated carbocycles. The molecule has 0 amide bonds. The quantitative estimate of drug-likeness (QED) is 0.740. The van der Waals surface area contributed by atoms with Gasteiger partial charge in [-0.2, -0.15) is 13.2 Å². The number of carbonyl (C=O) groups is 1. The van der Waals surface area contributed by atoms with E-state index in [1.165, 1.54) is 32.0 Å². The summed E-state index contributed by atoms with van der Waals surface area (Å²) in [4.78, 5) is 11.1. The second-order valence-corrected chi connectivity index (χ2v) is 3.42. The average Bonchev–Trinajstić information content (AvgIpc) is 2.15. The molecule has 0 bridgehead atoms. The SMILES string of the molecule is CC(=O)C(C)c1ccccc1C(F)(F)F. The van der Waals surface area contributed by atoms with Crippen LogP contribution in [-0.2, 0) is 11.0 Å². The number of hydrogen-bond donors (Lipinski definition) is 0. The van der Waals surface area contributed by atoms with E-state index >= 15 is 0 Å². The summed E-state index contributed by atoms with van der Waals surface area (Å²) in [6, 6.07) is 5.16. The number of carbonyl (C=O) groups excluding carboxylic acids is 1. The number of Topliss-reactive ketones (excluding diaryl/α,β-unsaturated/α-hetero) is 1. The zero-order valence-corrected chi connectivity index (χ0v) is 8.43. The van der Waals surface area contributed by atoms with Gasteiger partial charge in [0, 0.05) is 5.92 Å². The third kappa shape index (κ3) is 2.58. The molecule has 0 saturated heterocycles. The van der Waals surface area contributed by atoms with E-state index in [0.717, 1.165) is 6.07 Å². The minimum absolute atomic E-state index is 0.0394. The van der Waals surface area contributed by atoms with Gasteiger partial charge < -0.3 is 0 Å². The van der Waals surface area contributed by atoms with Crippen molar-refractivity contribution in [2.75, 3.05) is 0 Å². The van der Waals surface area contributed by atoms with E-state index in [9.17, 15) is 18.0 Å². The number of halogens is 3. The van der Waals surface area contributed by atoms with Crippen LogP contribution >= 0.6 is 0 Å². The summed E-state index contributed by atoms with van der Waals surface area (Å²) in [6.07, 6.45) is -4.40. The normalized spacial score (nSPS) is 13.7. The molecule has 1 atom stereocenters. The van der Waals surface area contributed by atoms with Crippen LogP contribution in [0.1, 0.15) is 30.9 Å². The van der Waals surface area contributed by atoms with Gasteiger partial charge in [0.15, 0.2) is 0 Å². The van der Waals surface area contributed by atoms with Crippen molar-refractivity contribution < 1.29 is 18.0 Å². The molecule has 1 unspecified atom stereocenters. The number of alkyl halides is 3. The molecule has 0 radical (unpaired) electrons. The molecule has 0 heterocycles. The maximum Gasteiger partial charge on any atom is 0.416 e. The number of hydrogen-bond acceptors (Lipinski definition) is 1. The van der Waals surface area contributed by atoms with Crippen molar-refractivity contribution in [3.63, 3.8) is 0 Å². The Hall–Kier alpha value is -1.32. The fourth-order valence-corrected chi connectivity index (χ4v) is 1.35. The van der Waals surface area contributed by atoms with Gasteiger partial charge in [0.05, 0.1) is 5.56 Å². The van der Waals surface area contributed by atoms with Crippen LogP contribution in [0.2, 0.25) is 0 Å². The Balaban J connectivity index is 3.24. The first-order valence-electron chi connectivity index (χ1n) is 4.50. The molecule has 1 aromatic rings. The van der Waals surface area contributed by atoms with E-state index in [1.807, 2.05) is 0 Å². The van der Waals surface area contributed by atoms with Crippen LogP contribution in [0.15, 0.2) is 24.3 Å². The van der Waals surface area contributed by atoms with Crippen LogP contribution in [0.4, 0.5) is 13.2 Å². The molecule has 4 heteroatoms. The summed E-state index contributed by atoms with van der Waals surface area (Å²) in [5.41, 5.74) is -0.690. The first-order valence-corrected chi connectivity index (χ1v) is 4.50. The smallest absolute Gasteiger partial charge is 0.299 e. The fraction of sp³-hybridized carbons (Fsp3) is 0.364. The number of ketones is 1. The van der Waals surface area contributed by atoms with Crippen molar-refractivity contribution in [3.8, 4) is 0 Å². The van der Waals surface area contributed by atoms with Crippen LogP contribution in [-0.4, -0.2) is 5.78 Å². The van der Waals surface area contributed by atoms with Crippen molar-refractivity contribution in [3.05, 3.63) is 35.4 Å². The van der Waals surface area contributed by atoms with E-state index in [2.05, 4.69) is 0 Å². The van der Waals surface area contributed by atoms with Crippen LogP contribution in [0.5, 0.6) is 0 Å². The Morgan fingerprint density at radius 3 is 2.27 bits per heavy atom. The minimum atomic E-state index is -4.40. The van der Waals surface area contributed by atoms with Gasteiger partial charge in [0.1, 0.15) is 5.78 Å². The number of rotatable bonds is 2. The maximum absolute atomic E-state index is 12.6. The molecule has 1 aromatic carbocycles. The molecule has 1 nitrogen and oxygen atoms in total. The molecule has 82 valence electrons. The Morgan fingerprint density at radius 1 is 1.27 bits per heavy atom. The van der Waals surface area contributed by atoms with Gasteiger partial charge >= 0.3 is 6.18 Å². The highest BCUT2D eigenvalue weighted by molar-refractivity contribution is 5.83. The molecule has 0 fully saturated rings. The maximum atomic E-state index is 12.6. The Bertz CT molecular complexity index is 368. The molecular formula is C11H11F3O. The summed E-state index contributed by atoms with van der Waals surface area (Å²) < 4.78 is 37.7. The molecule has 15 heavy (non-hydrogen) atoms. The zero-order chi connectivity index (χ0) is 11.6. The van der Waals surface area contributed by atoms with Gasteiger partial charge in [0.2, 0.25) is 0 Å². The molecule has 1 rings (SSSR count). The summed E-state index contributed by atoms with van der Waals surface area (Å²) in [5.74, 6) is -0.991. The highest BCUT2D eigenvalue weighted by atomic mass is 19.4. The topological polar surface area (TPSA) is 17.1 Å². The number of benzene rings is 1. The molecule has 0 aliphatic rings. The van der Waals surface area contributed by atoms with Gasteiger partial charge in [0.25, 0.3) is 0 Å². The standard InChI is InChI=1S/C11H11F3O/c1-7(8(2)15)9-5-3-4-6-10(9)11(12,13)14/h3-7H,1-2H3. The third-order valence-electron chi connectivity index (χ3n) is 2.34. The minimum Gasteiger partial charge on any atom is -0.299 e. The van der Waals surface area contributed by atoms with E-state index in [-0.39, 0.29) is 11.3 Å². The van der Waals surface area contributed by atoms with Crippen LogP contribution in [0.25, 0.3) is 0 Å². The van der Waals surface area contributed by atoms with Crippen molar-refractivity contribution in [1.82, 2.24) is 0 Å². The van der Waals surface area contributed by atoms with Crippen LogP contribution < -0.4 is 0 Å². The second-order valence-electron chi connectivity index (χ2n) is 3.42. The molecule has 0 aliphatic carbocycles. The third-order valence-corrected chi connectivity index (χ3v) is 2.34. The van der Waals surface area contributed by atoms with Crippen molar-refractivity contribution in [2.45, 2.75) is 25.9 Å². The fourth-order valence-electron chi connectivity index (χ4n) is 1.35. The van der Waals surface area contributed by atoms with Crippen molar-refractivity contribution in [1.29, 1.82) is 0 Å². The van der Waals surface area contributed by atoms with E-state index in [0.29, 0.717) is 0 Å². The van der Waals surface area contributed by atoms with Crippen molar-refractivity contribution in [2.24, 2.45) is 0 Å². The largest absolute Gasteiger partial charge is 0.416 e.